The molecule has 31 heavy (non-hydrogen) atoms. The molecule has 1 unspecified atom stereocenters. The van der Waals surface area contributed by atoms with Crippen molar-refractivity contribution in [3.8, 4) is 0 Å². The summed E-state index contributed by atoms with van der Waals surface area (Å²) in [5.41, 5.74) is 2.29. The monoisotopic (exact) mass is 476 g/mol. The number of anilines is 1. The summed E-state index contributed by atoms with van der Waals surface area (Å²) in [7, 11) is 0. The summed E-state index contributed by atoms with van der Waals surface area (Å²) in [6.45, 7) is 2.15. The van der Waals surface area contributed by atoms with Gasteiger partial charge in [-0.25, -0.2) is 4.21 Å². The van der Waals surface area contributed by atoms with Crippen LogP contribution in [0, 0.1) is 6.92 Å². The van der Waals surface area contributed by atoms with Gasteiger partial charge in [-0.3, -0.25) is 13.7 Å². The molecule has 1 aliphatic rings. The molecule has 2 N–H and O–H groups in total. The number of nitrogens with one attached hydrogen (secondary N) is 1. The number of halogens is 1. The van der Waals surface area contributed by atoms with Gasteiger partial charge in [0.15, 0.2) is 0 Å². The highest BCUT2D eigenvalue weighted by atomic mass is 35.5. The predicted molar refractivity (Wildman–Crippen MR) is 129 cm³/mol. The molecular weight excluding hydrogens is 452 g/mol. The zero-order valence-corrected chi connectivity index (χ0v) is 19.7. The van der Waals surface area contributed by atoms with Crippen molar-refractivity contribution in [3.63, 3.8) is 0 Å². The lowest BCUT2D eigenvalue weighted by Crippen LogP contribution is -2.36. The zero-order chi connectivity index (χ0) is 22.0. The van der Waals surface area contributed by atoms with Crippen LogP contribution in [-0.2, 0) is 17.8 Å². The number of thiophene rings is 1. The minimum Gasteiger partial charge on any atom is -0.349 e. The summed E-state index contributed by atoms with van der Waals surface area (Å²) in [5.74, 6) is -0.0851. The smallest absolute Gasteiger partial charge is 0.262 e. The molecule has 0 radical (unpaired) electrons. The van der Waals surface area contributed by atoms with Gasteiger partial charge in [-0.2, -0.15) is 0 Å². The van der Waals surface area contributed by atoms with Crippen LogP contribution in [0.5, 0.6) is 0 Å². The molecule has 0 saturated heterocycles. The van der Waals surface area contributed by atoms with Crippen LogP contribution in [0.15, 0.2) is 42.5 Å². The Hall–Kier alpha value is -1.93. The fraction of sp³-hybridized carbons (Fsp3) is 0.348. The highest BCUT2D eigenvalue weighted by Gasteiger charge is 2.21. The van der Waals surface area contributed by atoms with Crippen LogP contribution in [0.25, 0.3) is 10.1 Å². The van der Waals surface area contributed by atoms with Crippen molar-refractivity contribution in [1.29, 1.82) is 0 Å². The molecule has 1 saturated carbocycles. The summed E-state index contributed by atoms with van der Waals surface area (Å²) in [6, 6.07) is 13.1. The van der Waals surface area contributed by atoms with Crippen molar-refractivity contribution in [1.82, 2.24) is 5.32 Å². The molecule has 1 fully saturated rings. The van der Waals surface area contributed by atoms with E-state index in [2.05, 4.69) is 5.32 Å². The number of hydrogen-bond acceptors (Lipinski definition) is 3. The first-order chi connectivity index (χ1) is 14.9. The lowest BCUT2D eigenvalue weighted by molar-refractivity contribution is 0.0927. The van der Waals surface area contributed by atoms with Gasteiger partial charge in [-0.15, -0.1) is 11.3 Å². The third kappa shape index (κ3) is 5.12. The Kier molecular flexibility index (Phi) is 6.96. The Morgan fingerprint density at radius 1 is 1.23 bits per heavy atom. The van der Waals surface area contributed by atoms with E-state index in [0.717, 1.165) is 51.9 Å². The molecule has 1 amide bonds. The fourth-order valence-electron chi connectivity index (χ4n) is 4.11. The van der Waals surface area contributed by atoms with E-state index in [9.17, 15) is 13.6 Å². The molecule has 0 aliphatic heterocycles. The quantitative estimate of drug-likeness (QED) is 0.424. The molecular formula is C23H25ClN2O3S2. The first-order valence-corrected chi connectivity index (χ1v) is 12.6. The van der Waals surface area contributed by atoms with Gasteiger partial charge in [0, 0.05) is 21.3 Å². The van der Waals surface area contributed by atoms with Crippen molar-refractivity contribution < 1.29 is 13.6 Å². The van der Waals surface area contributed by atoms with E-state index in [-0.39, 0.29) is 18.5 Å². The summed E-state index contributed by atoms with van der Waals surface area (Å²) in [6.07, 6.45) is 5.60. The van der Waals surface area contributed by atoms with E-state index < -0.39 is 11.3 Å². The number of carbonyl (C=O) groups excluding carboxylic acids is 1. The van der Waals surface area contributed by atoms with Gasteiger partial charge in [-0.1, -0.05) is 43.0 Å². The van der Waals surface area contributed by atoms with Crippen LogP contribution in [0.1, 0.15) is 53.6 Å². The number of amides is 1. The second kappa shape index (κ2) is 9.69. The summed E-state index contributed by atoms with van der Waals surface area (Å²) in [4.78, 5) is 12.7. The van der Waals surface area contributed by atoms with Gasteiger partial charge in [0.1, 0.15) is 5.00 Å². The van der Waals surface area contributed by atoms with Crippen molar-refractivity contribution >= 4 is 55.2 Å². The Balaban J connectivity index is 1.56. The van der Waals surface area contributed by atoms with Crippen LogP contribution in [-0.4, -0.2) is 20.7 Å². The van der Waals surface area contributed by atoms with Crippen LogP contribution < -0.4 is 9.62 Å². The SMILES string of the molecule is Cc1c(N(Cc2cccc(C(=O)NC3CCCCC3)c2)S(=O)O)sc2ccc(Cl)cc12. The Labute approximate surface area is 193 Å². The molecule has 4 rings (SSSR count). The van der Waals surface area contributed by atoms with Crippen LogP contribution in [0.3, 0.4) is 0 Å². The number of aryl methyl sites for hydroxylation is 1. The highest BCUT2D eigenvalue weighted by Crippen LogP contribution is 2.39. The van der Waals surface area contributed by atoms with Gasteiger partial charge in [0.05, 0.1) is 6.54 Å². The second-order valence-corrected chi connectivity index (χ2v) is 10.3. The number of nitrogens with zero attached hydrogens (tertiary/aromatic N) is 1. The lowest BCUT2D eigenvalue weighted by atomic mass is 9.95. The molecule has 2 aromatic carbocycles. The Morgan fingerprint density at radius 3 is 2.74 bits per heavy atom. The van der Waals surface area contributed by atoms with Gasteiger partial charge >= 0.3 is 0 Å². The first kappa shape index (κ1) is 22.3. The molecule has 3 aromatic rings. The lowest BCUT2D eigenvalue weighted by Gasteiger charge is -2.23. The number of carbonyl (C=O) groups is 1. The third-order valence-corrected chi connectivity index (χ3v) is 8.08. The topological polar surface area (TPSA) is 69.6 Å². The zero-order valence-electron chi connectivity index (χ0n) is 17.3. The van der Waals surface area contributed by atoms with E-state index in [1.807, 2.05) is 37.3 Å². The standard InChI is InChI=1S/C23H25ClN2O3S2/c1-15-20-13-18(24)10-11-21(20)30-23(15)26(31(28)29)14-16-6-5-7-17(12-16)22(27)25-19-8-3-2-4-9-19/h5-7,10-13,19H,2-4,8-9,14H2,1H3,(H,25,27)(H,28,29). The molecule has 164 valence electrons. The summed E-state index contributed by atoms with van der Waals surface area (Å²) < 4.78 is 24.7. The molecule has 8 heteroatoms. The van der Waals surface area contributed by atoms with Gasteiger partial charge in [0.25, 0.3) is 17.2 Å². The molecule has 1 aromatic heterocycles. The predicted octanol–water partition coefficient (Wildman–Crippen LogP) is 6.07. The largest absolute Gasteiger partial charge is 0.349 e. The van der Waals surface area contributed by atoms with E-state index in [4.69, 9.17) is 11.6 Å². The average Bonchev–Trinajstić information content (AvgIpc) is 3.08. The third-order valence-electron chi connectivity index (χ3n) is 5.74. The fourth-order valence-corrected chi connectivity index (χ4v) is 6.22. The maximum absolute atomic E-state index is 12.7. The Morgan fingerprint density at radius 2 is 2.00 bits per heavy atom. The Bertz CT molecular complexity index is 1130. The van der Waals surface area contributed by atoms with Crippen molar-refractivity contribution in [3.05, 3.63) is 64.2 Å². The minimum atomic E-state index is -2.21. The van der Waals surface area contributed by atoms with E-state index in [0.29, 0.717) is 10.6 Å². The van der Waals surface area contributed by atoms with Crippen LogP contribution >= 0.6 is 22.9 Å². The maximum Gasteiger partial charge on any atom is 0.262 e. The van der Waals surface area contributed by atoms with Gasteiger partial charge in [-0.05, 0) is 66.6 Å². The first-order valence-electron chi connectivity index (χ1n) is 10.4. The average molecular weight is 477 g/mol. The molecule has 0 spiro atoms. The summed E-state index contributed by atoms with van der Waals surface area (Å²) >= 11 is 5.38. The minimum absolute atomic E-state index is 0.0851. The van der Waals surface area contributed by atoms with Gasteiger partial charge < -0.3 is 5.32 Å². The van der Waals surface area contributed by atoms with Crippen molar-refractivity contribution in [2.24, 2.45) is 0 Å². The normalized spacial score (nSPS) is 15.7. The van der Waals surface area contributed by atoms with E-state index >= 15 is 0 Å². The molecule has 1 heterocycles. The van der Waals surface area contributed by atoms with E-state index in [1.54, 1.807) is 12.1 Å². The number of fused-ring (bicyclic) bond motifs is 1. The molecule has 5 nitrogen and oxygen atoms in total. The molecule has 1 aliphatic carbocycles. The molecule has 0 bridgehead atoms. The molecule has 1 atom stereocenters. The van der Waals surface area contributed by atoms with Crippen molar-refractivity contribution in [2.45, 2.75) is 51.6 Å². The van der Waals surface area contributed by atoms with Crippen LogP contribution in [0.2, 0.25) is 5.02 Å². The van der Waals surface area contributed by atoms with Crippen molar-refractivity contribution in [2.75, 3.05) is 4.31 Å². The van der Waals surface area contributed by atoms with Gasteiger partial charge in [0.2, 0.25) is 0 Å². The second-order valence-electron chi connectivity index (χ2n) is 7.95. The number of rotatable bonds is 6. The van der Waals surface area contributed by atoms with Crippen LogP contribution in [0.4, 0.5) is 5.00 Å². The summed E-state index contributed by atoms with van der Waals surface area (Å²) in [5, 5.41) is 5.46. The number of benzene rings is 2. The number of hydrogen-bond donors (Lipinski definition) is 2. The maximum atomic E-state index is 12.7. The van der Waals surface area contributed by atoms with E-state index in [1.165, 1.54) is 22.1 Å². The highest BCUT2D eigenvalue weighted by molar-refractivity contribution is 7.81.